The van der Waals surface area contributed by atoms with E-state index in [0.717, 1.165) is 43.1 Å². The number of nitrogens with one attached hydrogen (secondary N) is 1. The molecule has 1 N–H and O–H groups in total. The van der Waals surface area contributed by atoms with Gasteiger partial charge in [-0.2, -0.15) is 4.98 Å². The molecule has 0 atom stereocenters. The molecule has 122 valence electrons. The molecule has 1 fully saturated rings. The normalized spacial score (nSPS) is 15.2. The standard InChI is InChI=1S/C17H21N3O3/c1-12-11-13(19-17-18-8-5-16(20-17)21-2)3-4-15(12)23-14-6-9-22-10-7-14/h3-5,8,11,14H,6-7,9-10H2,1-2H3,(H,18,19,20). The van der Waals surface area contributed by atoms with Crippen LogP contribution in [0.5, 0.6) is 11.6 Å². The van der Waals surface area contributed by atoms with Crippen LogP contribution < -0.4 is 14.8 Å². The summed E-state index contributed by atoms with van der Waals surface area (Å²) >= 11 is 0. The third kappa shape index (κ3) is 4.10. The predicted molar refractivity (Wildman–Crippen MR) is 87.5 cm³/mol. The highest BCUT2D eigenvalue weighted by atomic mass is 16.5. The van der Waals surface area contributed by atoms with Gasteiger partial charge in [-0.3, -0.25) is 0 Å². The lowest BCUT2D eigenvalue weighted by atomic mass is 10.1. The predicted octanol–water partition coefficient (Wildman–Crippen LogP) is 3.10. The van der Waals surface area contributed by atoms with E-state index < -0.39 is 0 Å². The van der Waals surface area contributed by atoms with Crippen molar-refractivity contribution in [3.05, 3.63) is 36.0 Å². The van der Waals surface area contributed by atoms with Crippen LogP contribution in [0.25, 0.3) is 0 Å². The topological polar surface area (TPSA) is 65.5 Å². The molecular weight excluding hydrogens is 294 g/mol. The zero-order valence-corrected chi connectivity index (χ0v) is 13.4. The van der Waals surface area contributed by atoms with Gasteiger partial charge in [-0.1, -0.05) is 0 Å². The van der Waals surface area contributed by atoms with Crippen LogP contribution in [0.1, 0.15) is 18.4 Å². The second kappa shape index (κ2) is 7.28. The van der Waals surface area contributed by atoms with Gasteiger partial charge in [0.2, 0.25) is 11.8 Å². The third-order valence-electron chi connectivity index (χ3n) is 3.73. The van der Waals surface area contributed by atoms with E-state index in [1.165, 1.54) is 0 Å². The lowest BCUT2D eigenvalue weighted by Crippen LogP contribution is -2.26. The van der Waals surface area contributed by atoms with E-state index in [9.17, 15) is 0 Å². The van der Waals surface area contributed by atoms with Gasteiger partial charge < -0.3 is 19.5 Å². The molecule has 1 aromatic carbocycles. The molecule has 0 radical (unpaired) electrons. The van der Waals surface area contributed by atoms with Gasteiger partial charge in [-0.25, -0.2) is 4.98 Å². The Bertz CT molecular complexity index is 657. The van der Waals surface area contributed by atoms with Crippen LogP contribution in [0.15, 0.2) is 30.5 Å². The SMILES string of the molecule is COc1ccnc(Nc2ccc(OC3CCOCC3)c(C)c2)n1. The van der Waals surface area contributed by atoms with E-state index in [1.54, 1.807) is 19.4 Å². The summed E-state index contributed by atoms with van der Waals surface area (Å²) in [4.78, 5) is 8.42. The number of nitrogens with zero attached hydrogens (tertiary/aromatic N) is 2. The van der Waals surface area contributed by atoms with Gasteiger partial charge in [0.1, 0.15) is 11.9 Å². The van der Waals surface area contributed by atoms with Crippen LogP contribution in [0.2, 0.25) is 0 Å². The van der Waals surface area contributed by atoms with Crippen molar-refractivity contribution in [1.29, 1.82) is 0 Å². The number of methoxy groups -OCH3 is 1. The van der Waals surface area contributed by atoms with Gasteiger partial charge >= 0.3 is 0 Å². The van der Waals surface area contributed by atoms with E-state index in [2.05, 4.69) is 15.3 Å². The van der Waals surface area contributed by atoms with Gasteiger partial charge in [0.15, 0.2) is 0 Å². The molecule has 2 aromatic rings. The van der Waals surface area contributed by atoms with Gasteiger partial charge in [-0.15, -0.1) is 0 Å². The van der Waals surface area contributed by atoms with Crippen molar-refractivity contribution in [3.8, 4) is 11.6 Å². The van der Waals surface area contributed by atoms with Crippen molar-refractivity contribution < 1.29 is 14.2 Å². The van der Waals surface area contributed by atoms with Gasteiger partial charge in [-0.05, 0) is 30.7 Å². The number of hydrogen-bond acceptors (Lipinski definition) is 6. The largest absolute Gasteiger partial charge is 0.490 e. The van der Waals surface area contributed by atoms with Crippen LogP contribution in [-0.2, 0) is 4.74 Å². The van der Waals surface area contributed by atoms with Crippen LogP contribution in [0.4, 0.5) is 11.6 Å². The van der Waals surface area contributed by atoms with Gasteiger partial charge in [0.25, 0.3) is 0 Å². The Kier molecular flexibility index (Phi) is 4.92. The molecule has 0 bridgehead atoms. The lowest BCUT2D eigenvalue weighted by molar-refractivity contribution is 0.0253. The summed E-state index contributed by atoms with van der Waals surface area (Å²) < 4.78 is 16.5. The Balaban J connectivity index is 1.68. The van der Waals surface area contributed by atoms with Crippen molar-refractivity contribution in [2.45, 2.75) is 25.9 Å². The monoisotopic (exact) mass is 315 g/mol. The van der Waals surface area contributed by atoms with E-state index >= 15 is 0 Å². The zero-order chi connectivity index (χ0) is 16.1. The minimum absolute atomic E-state index is 0.239. The van der Waals surface area contributed by atoms with Gasteiger partial charge in [0.05, 0.1) is 20.3 Å². The maximum absolute atomic E-state index is 6.07. The smallest absolute Gasteiger partial charge is 0.230 e. The number of aryl methyl sites for hydroxylation is 1. The van der Waals surface area contributed by atoms with Gasteiger partial charge in [0, 0.05) is 30.8 Å². The average Bonchev–Trinajstić information content (AvgIpc) is 2.58. The summed E-state index contributed by atoms with van der Waals surface area (Å²) in [6.07, 6.45) is 3.78. The fraction of sp³-hybridized carbons (Fsp3) is 0.412. The molecule has 0 spiro atoms. The maximum Gasteiger partial charge on any atom is 0.230 e. The van der Waals surface area contributed by atoms with E-state index in [-0.39, 0.29) is 6.10 Å². The molecule has 1 aliphatic rings. The highest BCUT2D eigenvalue weighted by Crippen LogP contribution is 2.26. The number of ether oxygens (including phenoxy) is 3. The second-order valence-electron chi connectivity index (χ2n) is 5.46. The number of rotatable bonds is 5. The Morgan fingerprint density at radius 2 is 2.04 bits per heavy atom. The quantitative estimate of drug-likeness (QED) is 0.914. The Morgan fingerprint density at radius 3 is 2.78 bits per heavy atom. The van der Waals surface area contributed by atoms with Crippen molar-refractivity contribution >= 4 is 11.6 Å². The minimum atomic E-state index is 0.239. The molecule has 1 aliphatic heterocycles. The highest BCUT2D eigenvalue weighted by Gasteiger charge is 2.16. The summed E-state index contributed by atoms with van der Waals surface area (Å²) in [5.74, 6) is 1.94. The molecular formula is C17H21N3O3. The van der Waals surface area contributed by atoms with Crippen LogP contribution in [0, 0.1) is 6.92 Å². The Morgan fingerprint density at radius 1 is 1.22 bits per heavy atom. The number of benzene rings is 1. The number of hydrogen-bond donors (Lipinski definition) is 1. The second-order valence-corrected chi connectivity index (χ2v) is 5.46. The van der Waals surface area contributed by atoms with Crippen LogP contribution >= 0.6 is 0 Å². The highest BCUT2D eigenvalue weighted by molar-refractivity contribution is 5.57. The third-order valence-corrected chi connectivity index (χ3v) is 3.73. The van der Waals surface area contributed by atoms with Crippen molar-refractivity contribution in [2.24, 2.45) is 0 Å². The minimum Gasteiger partial charge on any atom is -0.490 e. The average molecular weight is 315 g/mol. The molecule has 1 aromatic heterocycles. The van der Waals surface area contributed by atoms with Crippen molar-refractivity contribution in [1.82, 2.24) is 9.97 Å². The van der Waals surface area contributed by atoms with Crippen molar-refractivity contribution in [3.63, 3.8) is 0 Å². The summed E-state index contributed by atoms with van der Waals surface area (Å²) in [6.45, 7) is 3.58. The maximum atomic E-state index is 6.07. The zero-order valence-electron chi connectivity index (χ0n) is 13.4. The Hall–Kier alpha value is -2.34. The summed E-state index contributed by atoms with van der Waals surface area (Å²) in [7, 11) is 1.58. The first-order valence-corrected chi connectivity index (χ1v) is 7.74. The first-order chi connectivity index (χ1) is 11.2. The van der Waals surface area contributed by atoms with E-state index in [4.69, 9.17) is 14.2 Å². The number of anilines is 2. The van der Waals surface area contributed by atoms with Crippen LogP contribution in [-0.4, -0.2) is 36.4 Å². The summed E-state index contributed by atoms with van der Waals surface area (Å²) in [6, 6.07) is 7.68. The molecule has 1 saturated heterocycles. The summed E-state index contributed by atoms with van der Waals surface area (Å²) in [5, 5.41) is 3.17. The first-order valence-electron chi connectivity index (χ1n) is 7.74. The molecule has 3 rings (SSSR count). The molecule has 6 heteroatoms. The summed E-state index contributed by atoms with van der Waals surface area (Å²) in [5.41, 5.74) is 1.99. The first kappa shape index (κ1) is 15.6. The molecule has 0 aliphatic carbocycles. The molecule has 0 saturated carbocycles. The molecule has 6 nitrogen and oxygen atoms in total. The fourth-order valence-electron chi connectivity index (χ4n) is 2.48. The Labute approximate surface area is 135 Å². The van der Waals surface area contributed by atoms with Crippen LogP contribution in [0.3, 0.4) is 0 Å². The lowest BCUT2D eigenvalue weighted by Gasteiger charge is -2.24. The van der Waals surface area contributed by atoms with E-state index in [0.29, 0.717) is 11.8 Å². The van der Waals surface area contributed by atoms with Crippen molar-refractivity contribution in [2.75, 3.05) is 25.6 Å². The molecule has 23 heavy (non-hydrogen) atoms. The molecule has 0 unspecified atom stereocenters. The van der Waals surface area contributed by atoms with E-state index in [1.807, 2.05) is 25.1 Å². The number of aromatic nitrogens is 2. The molecule has 2 heterocycles. The molecule has 0 amide bonds. The fourth-order valence-corrected chi connectivity index (χ4v) is 2.48.